The minimum Gasteiger partial charge on any atom is -0.462 e. The van der Waals surface area contributed by atoms with E-state index in [1.165, 1.54) is 5.57 Å². The number of rotatable bonds is 1. The fourth-order valence-electron chi connectivity index (χ4n) is 8.24. The highest BCUT2D eigenvalue weighted by molar-refractivity contribution is 5.78. The van der Waals surface area contributed by atoms with Gasteiger partial charge < -0.3 is 24.1 Å². The lowest BCUT2D eigenvalue weighted by molar-refractivity contribution is -0.377. The quantitative estimate of drug-likeness (QED) is 0.250. The number of carbonyl (C=O) groups is 1. The second-order valence-corrected chi connectivity index (χ2v) is 15.4. The zero-order valence-corrected chi connectivity index (χ0v) is 28.2. The summed E-state index contributed by atoms with van der Waals surface area (Å²) in [6.45, 7) is 22.3. The molecule has 1 aliphatic carbocycles. The van der Waals surface area contributed by atoms with Gasteiger partial charge in [0.25, 0.3) is 0 Å². The van der Waals surface area contributed by atoms with Crippen LogP contribution in [0.25, 0.3) is 0 Å². The van der Waals surface area contributed by atoms with Gasteiger partial charge in [0.1, 0.15) is 17.6 Å². The normalized spacial score (nSPS) is 47.8. The summed E-state index contributed by atoms with van der Waals surface area (Å²) in [5.74, 6) is -1.09. The highest BCUT2D eigenvalue weighted by atomic mass is 16.7. The molecule has 4 aliphatic heterocycles. The van der Waals surface area contributed by atoms with Gasteiger partial charge in [-0.25, -0.2) is 0 Å². The van der Waals surface area contributed by atoms with Crippen LogP contribution in [-0.2, 0) is 23.7 Å². The molecule has 0 saturated carbocycles. The number of aliphatic hydroxyl groups is 1. The Hall–Kier alpha value is -1.73. The Balaban J connectivity index is 1.57. The number of esters is 1. The highest BCUT2D eigenvalue weighted by Gasteiger charge is 2.60. The summed E-state index contributed by atoms with van der Waals surface area (Å²) in [5.41, 5.74) is 1.25. The molecular weight excluding hydrogens is 540 g/mol. The molecule has 10 atom stereocenters. The first kappa shape index (κ1) is 32.7. The highest BCUT2D eigenvalue weighted by Crippen LogP contribution is 2.55. The molecule has 5 aliphatic rings. The summed E-state index contributed by atoms with van der Waals surface area (Å²) in [4.78, 5) is 14.2. The van der Waals surface area contributed by atoms with Gasteiger partial charge in [-0.1, -0.05) is 90.0 Å². The third-order valence-corrected chi connectivity index (χ3v) is 12.4. The van der Waals surface area contributed by atoms with Crippen LogP contribution in [0.1, 0.15) is 101 Å². The van der Waals surface area contributed by atoms with Gasteiger partial charge in [-0.15, -0.1) is 0 Å². The van der Waals surface area contributed by atoms with E-state index in [1.54, 1.807) is 0 Å². The molecule has 0 aromatic carbocycles. The number of hydrogen-bond acceptors (Lipinski definition) is 6. The van der Waals surface area contributed by atoms with Crippen LogP contribution >= 0.6 is 0 Å². The molecule has 8 unspecified atom stereocenters. The van der Waals surface area contributed by atoms with E-state index in [9.17, 15) is 9.90 Å². The van der Waals surface area contributed by atoms with Crippen molar-refractivity contribution in [2.24, 2.45) is 35.0 Å². The second kappa shape index (κ2) is 11.6. The van der Waals surface area contributed by atoms with Gasteiger partial charge in [0.05, 0.1) is 24.4 Å². The first-order valence-electron chi connectivity index (χ1n) is 16.7. The van der Waals surface area contributed by atoms with Crippen molar-refractivity contribution in [1.29, 1.82) is 0 Å². The average Bonchev–Trinajstić information content (AvgIpc) is 3.26. The van der Waals surface area contributed by atoms with Gasteiger partial charge in [0.15, 0.2) is 5.79 Å². The van der Waals surface area contributed by atoms with Gasteiger partial charge in [0, 0.05) is 25.2 Å². The fraction of sp³-hybridized carbons (Fsp3) is 0.757. The molecule has 0 amide bonds. The van der Waals surface area contributed by atoms with Crippen molar-refractivity contribution < 1.29 is 28.8 Å². The Morgan fingerprint density at radius 3 is 2.42 bits per heavy atom. The minimum absolute atomic E-state index is 0.00435. The van der Waals surface area contributed by atoms with Crippen LogP contribution in [0.4, 0.5) is 0 Å². The van der Waals surface area contributed by atoms with E-state index in [0.717, 1.165) is 30.4 Å². The molecule has 3 fully saturated rings. The molecule has 5 rings (SSSR count). The molecule has 3 saturated heterocycles. The molecule has 1 N–H and O–H groups in total. The summed E-state index contributed by atoms with van der Waals surface area (Å²) < 4.78 is 26.5. The maximum absolute atomic E-state index is 14.2. The lowest BCUT2D eigenvalue weighted by Gasteiger charge is -2.59. The third kappa shape index (κ3) is 5.64. The molecule has 0 radical (unpaired) electrons. The Morgan fingerprint density at radius 1 is 1.02 bits per heavy atom. The van der Waals surface area contributed by atoms with Crippen LogP contribution in [0.15, 0.2) is 47.1 Å². The summed E-state index contributed by atoms with van der Waals surface area (Å²) in [6.07, 6.45) is 12.8. The maximum atomic E-state index is 14.2. The lowest BCUT2D eigenvalue weighted by atomic mass is 9.63. The SMILES string of the molecule is CCC1=CC2C(=O)OC3CC(C/C=C(\C)[C@@H](C)C(C)/C=C/C=C4\COC([C@@H]1C)C42O)OC1(C3)CC(C)C(C)(C)C(C)(C)O1. The molecule has 1 spiro atoms. The van der Waals surface area contributed by atoms with Crippen molar-refractivity contribution in [3.05, 3.63) is 47.1 Å². The van der Waals surface area contributed by atoms with Crippen molar-refractivity contribution >= 4 is 5.97 Å². The zero-order valence-electron chi connectivity index (χ0n) is 28.2. The Bertz CT molecular complexity index is 1210. The van der Waals surface area contributed by atoms with Gasteiger partial charge in [-0.3, -0.25) is 4.79 Å². The Kier molecular flexibility index (Phi) is 8.79. The largest absolute Gasteiger partial charge is 0.462 e. The number of hydrogen-bond donors (Lipinski definition) is 1. The predicted molar refractivity (Wildman–Crippen MR) is 169 cm³/mol. The van der Waals surface area contributed by atoms with Crippen LogP contribution in [0, 0.1) is 35.0 Å². The van der Waals surface area contributed by atoms with Gasteiger partial charge >= 0.3 is 5.97 Å². The molecule has 6 heteroatoms. The predicted octanol–water partition coefficient (Wildman–Crippen LogP) is 7.47. The summed E-state index contributed by atoms with van der Waals surface area (Å²) in [6, 6.07) is 0. The fourth-order valence-corrected chi connectivity index (χ4v) is 8.24. The van der Waals surface area contributed by atoms with Crippen LogP contribution in [0.3, 0.4) is 0 Å². The van der Waals surface area contributed by atoms with Crippen molar-refractivity contribution in [1.82, 2.24) is 0 Å². The van der Waals surface area contributed by atoms with Gasteiger partial charge in [0.2, 0.25) is 0 Å². The van der Waals surface area contributed by atoms with Gasteiger partial charge in [-0.05, 0) is 62.4 Å². The Morgan fingerprint density at radius 2 is 1.74 bits per heavy atom. The zero-order chi connectivity index (χ0) is 31.5. The van der Waals surface area contributed by atoms with E-state index in [2.05, 4.69) is 81.4 Å². The molecule has 6 nitrogen and oxygen atoms in total. The number of carbonyl (C=O) groups excluding carboxylic acids is 1. The summed E-state index contributed by atoms with van der Waals surface area (Å²) in [7, 11) is 0. The minimum atomic E-state index is -1.45. The van der Waals surface area contributed by atoms with Crippen molar-refractivity contribution in [3.8, 4) is 0 Å². The second-order valence-electron chi connectivity index (χ2n) is 15.4. The summed E-state index contributed by atoms with van der Waals surface area (Å²) in [5, 5.41) is 12.4. The number of ether oxygens (including phenoxy) is 4. The van der Waals surface area contributed by atoms with E-state index in [4.69, 9.17) is 18.9 Å². The molecule has 43 heavy (non-hydrogen) atoms. The molecule has 0 aromatic rings. The van der Waals surface area contributed by atoms with E-state index < -0.39 is 35.0 Å². The smallest absolute Gasteiger partial charge is 0.316 e. The van der Waals surface area contributed by atoms with Crippen LogP contribution in [-0.4, -0.2) is 53.0 Å². The average molecular weight is 597 g/mol. The Labute approximate surface area is 259 Å². The third-order valence-electron chi connectivity index (χ3n) is 12.4. The number of allylic oxidation sites excluding steroid dienone is 4. The van der Waals surface area contributed by atoms with Crippen LogP contribution in [0.5, 0.6) is 0 Å². The topological polar surface area (TPSA) is 74.2 Å². The summed E-state index contributed by atoms with van der Waals surface area (Å²) >= 11 is 0. The van der Waals surface area contributed by atoms with E-state index >= 15 is 0 Å². The van der Waals surface area contributed by atoms with E-state index in [1.807, 2.05) is 18.2 Å². The standard InChI is InChI=1S/C37H56O6/c1-11-27-17-31-33(38)41-30-18-29(42-36(20-30)19-24(4)34(7,8)35(9,10)43-36)16-15-23(3)25(5)22(2)13-12-14-28-21-40-32(26(27)6)37(28,31)39/h12-15,17,22,24-26,29-32,39H,11,16,18-21H2,1-10H3/b13-12+,23-15+,28-14+/t22?,24?,25-,26+,29?,30?,31?,32?,36?,37?/m0/s1. The van der Waals surface area contributed by atoms with E-state index in [0.29, 0.717) is 37.2 Å². The maximum Gasteiger partial charge on any atom is 0.316 e. The van der Waals surface area contributed by atoms with Crippen molar-refractivity contribution in [2.45, 2.75) is 137 Å². The lowest BCUT2D eigenvalue weighted by Crippen LogP contribution is -2.62. The molecular formula is C37H56O6. The first-order chi connectivity index (χ1) is 20.0. The molecule has 240 valence electrons. The first-order valence-corrected chi connectivity index (χ1v) is 16.7. The number of fused-ring (bicyclic) bond motifs is 2. The van der Waals surface area contributed by atoms with Gasteiger partial charge in [-0.2, -0.15) is 0 Å². The van der Waals surface area contributed by atoms with Crippen LogP contribution in [0.2, 0.25) is 0 Å². The van der Waals surface area contributed by atoms with Crippen molar-refractivity contribution in [2.75, 3.05) is 6.61 Å². The molecule has 0 aromatic heterocycles. The monoisotopic (exact) mass is 596 g/mol. The van der Waals surface area contributed by atoms with Crippen LogP contribution < -0.4 is 0 Å². The molecule has 4 heterocycles. The van der Waals surface area contributed by atoms with E-state index in [-0.39, 0.29) is 23.5 Å². The van der Waals surface area contributed by atoms with Crippen molar-refractivity contribution in [3.63, 3.8) is 0 Å². The molecule has 2 bridgehead atoms.